The zero-order valence-corrected chi connectivity index (χ0v) is 18.8. The topological polar surface area (TPSA) is 61.4 Å². The van der Waals surface area contributed by atoms with Crippen molar-refractivity contribution < 1.29 is 31.1 Å². The predicted molar refractivity (Wildman–Crippen MR) is 118 cm³/mol. The van der Waals surface area contributed by atoms with Gasteiger partial charge in [0.2, 0.25) is 5.13 Å². The molecule has 1 saturated heterocycles. The third kappa shape index (κ3) is 6.21. The largest absolute Gasteiger partial charge is 0.416 e. The molecule has 3 aromatic rings. The van der Waals surface area contributed by atoms with Crippen LogP contribution in [-0.4, -0.2) is 46.5 Å². The zero-order valence-electron chi connectivity index (χ0n) is 18.0. The molecule has 0 radical (unpaired) electrons. The third-order valence-corrected chi connectivity index (χ3v) is 6.15. The van der Waals surface area contributed by atoms with Crippen LogP contribution in [0.3, 0.4) is 0 Å². The van der Waals surface area contributed by atoms with Gasteiger partial charge in [-0.25, -0.2) is 9.78 Å². The van der Waals surface area contributed by atoms with E-state index >= 15 is 0 Å². The molecule has 0 saturated carbocycles. The summed E-state index contributed by atoms with van der Waals surface area (Å²) in [6, 6.07) is 9.92. The maximum absolute atomic E-state index is 13.1. The minimum absolute atomic E-state index is 0.0164. The Morgan fingerprint density at radius 3 is 2.09 bits per heavy atom. The summed E-state index contributed by atoms with van der Waals surface area (Å²) in [7, 11) is 0. The molecule has 6 nitrogen and oxygen atoms in total. The number of carbonyl (C=O) groups excluding carboxylic acids is 1. The molecule has 2 aromatic carbocycles. The first-order valence-electron chi connectivity index (χ1n) is 10.5. The number of aromatic nitrogens is 2. The molecule has 1 fully saturated rings. The van der Waals surface area contributed by atoms with Gasteiger partial charge < -0.3 is 15.1 Å². The number of amides is 2. The molecule has 2 amide bonds. The number of hydrogen-bond acceptors (Lipinski definition) is 5. The van der Waals surface area contributed by atoms with E-state index in [1.54, 1.807) is 0 Å². The lowest BCUT2D eigenvalue weighted by atomic mass is 10.1. The molecule has 1 aliphatic heterocycles. The minimum Gasteiger partial charge on any atom is -0.343 e. The quantitative estimate of drug-likeness (QED) is 0.465. The fourth-order valence-corrected chi connectivity index (χ4v) is 4.29. The van der Waals surface area contributed by atoms with Gasteiger partial charge in [-0.05, 0) is 23.8 Å². The predicted octanol–water partition coefficient (Wildman–Crippen LogP) is 5.52. The number of alkyl halides is 6. The standard InChI is InChI=1S/C22H19F6N5OS/c23-21(24,25)15-11-16(22(26,27)28)13-17(12-15)29-19(34)32-6-8-33(9-7-32)20-30-18(31-35-20)10-14-4-2-1-3-5-14/h1-5,11-13H,6-10H2,(H,29,34). The summed E-state index contributed by atoms with van der Waals surface area (Å²) < 4.78 is 82.7. The second-order valence-corrected chi connectivity index (χ2v) is 8.58. The molecule has 186 valence electrons. The van der Waals surface area contributed by atoms with Crippen molar-refractivity contribution in [2.45, 2.75) is 18.8 Å². The maximum Gasteiger partial charge on any atom is 0.416 e. The Kier molecular flexibility index (Phi) is 6.88. The van der Waals surface area contributed by atoms with Crippen LogP contribution in [0.15, 0.2) is 48.5 Å². The first-order chi connectivity index (χ1) is 16.5. The lowest BCUT2D eigenvalue weighted by molar-refractivity contribution is -0.143. The van der Waals surface area contributed by atoms with Crippen molar-refractivity contribution in [2.24, 2.45) is 0 Å². The maximum atomic E-state index is 13.1. The second-order valence-electron chi connectivity index (χ2n) is 7.85. The van der Waals surface area contributed by atoms with Crippen molar-refractivity contribution in [3.05, 3.63) is 71.0 Å². The molecule has 0 atom stereocenters. The number of piperazine rings is 1. The highest BCUT2D eigenvalue weighted by Crippen LogP contribution is 2.37. The molecular formula is C22H19F6N5OS. The van der Waals surface area contributed by atoms with Gasteiger partial charge in [0.15, 0.2) is 0 Å². The molecule has 0 spiro atoms. The van der Waals surface area contributed by atoms with Crippen LogP contribution in [0.25, 0.3) is 0 Å². The van der Waals surface area contributed by atoms with Gasteiger partial charge in [-0.1, -0.05) is 30.3 Å². The number of nitrogens with zero attached hydrogens (tertiary/aromatic N) is 4. The number of anilines is 2. The summed E-state index contributed by atoms with van der Waals surface area (Å²) >= 11 is 1.23. The molecule has 13 heteroatoms. The Bertz CT molecular complexity index is 1140. The van der Waals surface area contributed by atoms with Crippen molar-refractivity contribution in [1.82, 2.24) is 14.3 Å². The summed E-state index contributed by atoms with van der Waals surface area (Å²) in [4.78, 5) is 20.3. The van der Waals surface area contributed by atoms with Gasteiger partial charge in [0.1, 0.15) is 5.82 Å². The molecule has 0 aliphatic carbocycles. The monoisotopic (exact) mass is 515 g/mol. The van der Waals surface area contributed by atoms with Gasteiger partial charge in [0, 0.05) is 49.8 Å². The number of rotatable bonds is 4. The smallest absolute Gasteiger partial charge is 0.343 e. The Morgan fingerprint density at radius 1 is 0.914 bits per heavy atom. The third-order valence-electron chi connectivity index (χ3n) is 5.34. The van der Waals surface area contributed by atoms with Gasteiger partial charge in [-0.15, -0.1) is 0 Å². The first-order valence-corrected chi connectivity index (χ1v) is 11.2. The van der Waals surface area contributed by atoms with E-state index in [1.807, 2.05) is 35.2 Å². The van der Waals surface area contributed by atoms with E-state index in [2.05, 4.69) is 14.7 Å². The highest BCUT2D eigenvalue weighted by molar-refractivity contribution is 7.09. The van der Waals surface area contributed by atoms with Crippen LogP contribution in [0, 0.1) is 0 Å². The van der Waals surface area contributed by atoms with Crippen molar-refractivity contribution in [3.63, 3.8) is 0 Å². The minimum atomic E-state index is -4.99. The van der Waals surface area contributed by atoms with Crippen molar-refractivity contribution in [3.8, 4) is 0 Å². The Morgan fingerprint density at radius 2 is 1.51 bits per heavy atom. The van der Waals surface area contributed by atoms with Gasteiger partial charge in [0.25, 0.3) is 0 Å². The van der Waals surface area contributed by atoms with Crippen LogP contribution in [0.2, 0.25) is 0 Å². The number of hydrogen-bond donors (Lipinski definition) is 1. The number of nitrogens with one attached hydrogen (secondary N) is 1. The number of halogens is 6. The Labute approximate surface area is 200 Å². The van der Waals surface area contributed by atoms with Crippen molar-refractivity contribution in [2.75, 3.05) is 36.4 Å². The molecule has 0 unspecified atom stereocenters. The summed E-state index contributed by atoms with van der Waals surface area (Å²) in [5.41, 5.74) is -2.49. The lowest BCUT2D eigenvalue weighted by Crippen LogP contribution is -2.50. The SMILES string of the molecule is O=C(Nc1cc(C(F)(F)F)cc(C(F)(F)F)c1)N1CCN(c2nc(Cc3ccccc3)ns2)CC1. The van der Waals surface area contributed by atoms with Crippen LogP contribution in [0.1, 0.15) is 22.5 Å². The number of benzene rings is 2. The van der Waals surface area contributed by atoms with E-state index in [0.29, 0.717) is 42.6 Å². The van der Waals surface area contributed by atoms with Crippen molar-refractivity contribution >= 4 is 28.4 Å². The van der Waals surface area contributed by atoms with E-state index in [1.165, 1.54) is 16.4 Å². The number of urea groups is 1. The molecule has 1 N–H and O–H groups in total. The second kappa shape index (κ2) is 9.72. The Balaban J connectivity index is 1.38. The van der Waals surface area contributed by atoms with E-state index in [9.17, 15) is 31.1 Å². The van der Waals surface area contributed by atoms with Gasteiger partial charge >= 0.3 is 18.4 Å². The molecule has 35 heavy (non-hydrogen) atoms. The fraction of sp³-hybridized carbons (Fsp3) is 0.318. The summed E-state index contributed by atoms with van der Waals surface area (Å²) in [5.74, 6) is 0.668. The molecule has 1 aliphatic rings. The summed E-state index contributed by atoms with van der Waals surface area (Å²) in [5, 5.41) is 2.85. The highest BCUT2D eigenvalue weighted by Gasteiger charge is 2.37. The first kappa shape index (κ1) is 24.8. The normalized spacial score (nSPS) is 14.8. The van der Waals surface area contributed by atoms with Crippen LogP contribution in [0.5, 0.6) is 0 Å². The average Bonchev–Trinajstić information content (AvgIpc) is 3.27. The molecule has 4 rings (SSSR count). The van der Waals surface area contributed by atoms with Crippen LogP contribution >= 0.6 is 11.5 Å². The number of carbonyl (C=O) groups is 1. The molecule has 1 aromatic heterocycles. The van der Waals surface area contributed by atoms with Crippen molar-refractivity contribution in [1.29, 1.82) is 0 Å². The average molecular weight is 515 g/mol. The van der Waals surface area contributed by atoms with E-state index in [0.717, 1.165) is 5.56 Å². The van der Waals surface area contributed by atoms with E-state index < -0.39 is 35.2 Å². The molecule has 2 heterocycles. The summed E-state index contributed by atoms with van der Waals surface area (Å²) in [6.07, 6.45) is -9.41. The molecule has 0 bridgehead atoms. The van der Waals surface area contributed by atoms with E-state index in [4.69, 9.17) is 0 Å². The van der Waals surface area contributed by atoms with Crippen LogP contribution < -0.4 is 10.2 Å². The summed E-state index contributed by atoms with van der Waals surface area (Å²) in [6.45, 7) is 1.21. The molecular weight excluding hydrogens is 496 g/mol. The van der Waals surface area contributed by atoms with Gasteiger partial charge in [-0.3, -0.25) is 0 Å². The van der Waals surface area contributed by atoms with E-state index in [-0.39, 0.29) is 19.2 Å². The van der Waals surface area contributed by atoms with Crippen LogP contribution in [-0.2, 0) is 18.8 Å². The Hall–Kier alpha value is -3.35. The zero-order chi connectivity index (χ0) is 25.2. The van der Waals surface area contributed by atoms with Gasteiger partial charge in [0.05, 0.1) is 11.1 Å². The fourth-order valence-electron chi connectivity index (χ4n) is 3.55. The lowest BCUT2D eigenvalue weighted by Gasteiger charge is -2.34. The highest BCUT2D eigenvalue weighted by atomic mass is 32.1. The van der Waals surface area contributed by atoms with Gasteiger partial charge in [-0.2, -0.15) is 30.7 Å². The van der Waals surface area contributed by atoms with Crippen LogP contribution in [0.4, 0.5) is 42.0 Å².